The van der Waals surface area contributed by atoms with Crippen molar-refractivity contribution in [1.82, 2.24) is 0 Å². The minimum atomic E-state index is -0.531. The van der Waals surface area contributed by atoms with Gasteiger partial charge in [-0.3, -0.25) is 14.9 Å². The zero-order valence-corrected chi connectivity index (χ0v) is 13.5. The van der Waals surface area contributed by atoms with E-state index in [-0.39, 0.29) is 23.2 Å². The molecule has 0 aromatic heterocycles. The topological polar surface area (TPSA) is 75.5 Å². The molecular weight excluding hydrogens is 325 g/mol. The minimum Gasteiger partial charge on any atom is -0.365 e. The van der Waals surface area contributed by atoms with E-state index in [0.29, 0.717) is 31.6 Å². The van der Waals surface area contributed by atoms with Crippen LogP contribution in [0, 0.1) is 21.8 Å². The number of rotatable bonds is 4. The molecule has 1 amide bonds. The average molecular weight is 343 g/mol. The number of halogens is 1. The number of piperidine rings is 1. The number of hydrogen-bond donors (Lipinski definition) is 1. The molecule has 130 valence electrons. The van der Waals surface area contributed by atoms with Gasteiger partial charge in [-0.05, 0) is 31.0 Å². The van der Waals surface area contributed by atoms with Gasteiger partial charge >= 0.3 is 0 Å². The van der Waals surface area contributed by atoms with Crippen molar-refractivity contribution in [1.29, 1.82) is 0 Å². The highest BCUT2D eigenvalue weighted by Crippen LogP contribution is 2.32. The Balaban J connectivity index is 1.76. The third-order valence-electron chi connectivity index (χ3n) is 4.31. The van der Waals surface area contributed by atoms with E-state index in [1.807, 2.05) is 18.2 Å². The summed E-state index contributed by atoms with van der Waals surface area (Å²) in [7, 11) is 0. The van der Waals surface area contributed by atoms with Crippen molar-refractivity contribution in [2.45, 2.75) is 12.8 Å². The molecule has 0 radical (unpaired) electrons. The average Bonchev–Trinajstić information content (AvgIpc) is 2.62. The molecule has 1 aliphatic heterocycles. The van der Waals surface area contributed by atoms with Crippen LogP contribution in [0.25, 0.3) is 0 Å². The highest BCUT2D eigenvalue weighted by molar-refractivity contribution is 5.93. The zero-order chi connectivity index (χ0) is 17.8. The minimum absolute atomic E-state index is 0.130. The summed E-state index contributed by atoms with van der Waals surface area (Å²) in [5, 5.41) is 14.1. The van der Waals surface area contributed by atoms with Crippen LogP contribution in [0.15, 0.2) is 48.5 Å². The van der Waals surface area contributed by atoms with E-state index < -0.39 is 10.7 Å². The van der Waals surface area contributed by atoms with Gasteiger partial charge in [-0.2, -0.15) is 0 Å². The number of carbonyl (C=O) groups is 1. The van der Waals surface area contributed by atoms with E-state index in [1.54, 1.807) is 17.0 Å². The van der Waals surface area contributed by atoms with Crippen LogP contribution >= 0.6 is 0 Å². The number of nitrogens with zero attached hydrogens (tertiary/aromatic N) is 2. The second-order valence-corrected chi connectivity index (χ2v) is 6.03. The number of para-hydroxylation sites is 1. The molecule has 1 saturated heterocycles. The molecule has 1 heterocycles. The maximum Gasteiger partial charge on any atom is 0.292 e. The third kappa shape index (κ3) is 3.93. The number of nitro benzene ring substituents is 1. The van der Waals surface area contributed by atoms with Gasteiger partial charge in [0.2, 0.25) is 5.91 Å². The van der Waals surface area contributed by atoms with Crippen LogP contribution in [0.5, 0.6) is 0 Å². The third-order valence-corrected chi connectivity index (χ3v) is 4.31. The highest BCUT2D eigenvalue weighted by atomic mass is 19.1. The quantitative estimate of drug-likeness (QED) is 0.680. The summed E-state index contributed by atoms with van der Waals surface area (Å²) in [5.74, 6) is -0.969. The predicted molar refractivity (Wildman–Crippen MR) is 93.1 cm³/mol. The number of hydrogen-bond acceptors (Lipinski definition) is 4. The first-order valence-electron chi connectivity index (χ1n) is 8.09. The molecule has 1 unspecified atom stereocenters. The molecule has 1 N–H and O–H groups in total. The zero-order valence-electron chi connectivity index (χ0n) is 13.5. The Kier molecular flexibility index (Phi) is 4.92. The smallest absolute Gasteiger partial charge is 0.292 e. The molecule has 0 saturated carbocycles. The standard InChI is InChI=1S/C18H18FN3O3/c19-14-8-9-16(22(24)25)17(11-14)21-10-4-5-13(12-21)18(23)20-15-6-2-1-3-7-15/h1-3,6-9,11,13H,4-5,10,12H2,(H,20,23). The summed E-state index contributed by atoms with van der Waals surface area (Å²) in [5.41, 5.74) is 0.786. The van der Waals surface area contributed by atoms with Crippen molar-refractivity contribution in [2.75, 3.05) is 23.3 Å². The van der Waals surface area contributed by atoms with Gasteiger partial charge in [-0.1, -0.05) is 18.2 Å². The van der Waals surface area contributed by atoms with Crippen molar-refractivity contribution < 1.29 is 14.1 Å². The Hall–Kier alpha value is -2.96. The molecule has 1 aliphatic rings. The summed E-state index contributed by atoms with van der Waals surface area (Å²) < 4.78 is 13.6. The van der Waals surface area contributed by atoms with Gasteiger partial charge in [-0.25, -0.2) is 4.39 Å². The molecule has 0 aliphatic carbocycles. The fraction of sp³-hybridized carbons (Fsp3) is 0.278. The second-order valence-electron chi connectivity index (χ2n) is 6.03. The molecule has 0 bridgehead atoms. The van der Waals surface area contributed by atoms with E-state index in [0.717, 1.165) is 18.2 Å². The molecule has 25 heavy (non-hydrogen) atoms. The van der Waals surface area contributed by atoms with Crippen molar-refractivity contribution in [2.24, 2.45) is 5.92 Å². The van der Waals surface area contributed by atoms with Gasteiger partial charge in [0.1, 0.15) is 11.5 Å². The Morgan fingerprint density at radius 1 is 1.24 bits per heavy atom. The molecule has 3 rings (SSSR count). The van der Waals surface area contributed by atoms with E-state index in [2.05, 4.69) is 5.32 Å². The number of benzene rings is 2. The Bertz CT molecular complexity index is 782. The van der Waals surface area contributed by atoms with Crippen LogP contribution in [0.4, 0.5) is 21.5 Å². The first-order chi connectivity index (χ1) is 12.0. The summed E-state index contributed by atoms with van der Waals surface area (Å²) in [4.78, 5) is 24.9. The monoisotopic (exact) mass is 343 g/mol. The van der Waals surface area contributed by atoms with Gasteiger partial charge in [0, 0.05) is 30.9 Å². The first-order valence-corrected chi connectivity index (χ1v) is 8.09. The van der Waals surface area contributed by atoms with Gasteiger partial charge in [0.05, 0.1) is 10.8 Å². The normalized spacial score (nSPS) is 17.2. The number of anilines is 2. The van der Waals surface area contributed by atoms with Crippen LogP contribution < -0.4 is 10.2 Å². The van der Waals surface area contributed by atoms with Gasteiger partial charge in [-0.15, -0.1) is 0 Å². The molecule has 7 heteroatoms. The second kappa shape index (κ2) is 7.29. The van der Waals surface area contributed by atoms with Crippen molar-refractivity contribution >= 4 is 23.0 Å². The van der Waals surface area contributed by atoms with Crippen LogP contribution in [-0.2, 0) is 4.79 Å². The maximum atomic E-state index is 13.6. The molecule has 0 spiro atoms. The summed E-state index contributed by atoms with van der Waals surface area (Å²) in [6.45, 7) is 0.877. The predicted octanol–water partition coefficient (Wildman–Crippen LogP) is 3.59. The fourth-order valence-corrected chi connectivity index (χ4v) is 3.08. The fourth-order valence-electron chi connectivity index (χ4n) is 3.08. The van der Waals surface area contributed by atoms with Crippen molar-refractivity contribution in [3.63, 3.8) is 0 Å². The Morgan fingerprint density at radius 2 is 2.00 bits per heavy atom. The van der Waals surface area contributed by atoms with Crippen LogP contribution in [0.2, 0.25) is 0 Å². The Morgan fingerprint density at radius 3 is 2.72 bits per heavy atom. The molecule has 1 fully saturated rings. The maximum absolute atomic E-state index is 13.6. The lowest BCUT2D eigenvalue weighted by Gasteiger charge is -2.33. The molecular formula is C18H18FN3O3. The SMILES string of the molecule is O=C(Nc1ccccc1)C1CCCN(c2cc(F)ccc2[N+](=O)[O-])C1. The highest BCUT2D eigenvalue weighted by Gasteiger charge is 2.29. The lowest BCUT2D eigenvalue weighted by molar-refractivity contribution is -0.384. The van der Waals surface area contributed by atoms with Crippen LogP contribution in [-0.4, -0.2) is 23.9 Å². The lowest BCUT2D eigenvalue weighted by atomic mass is 9.96. The number of amides is 1. The first kappa shape index (κ1) is 16.9. The van der Waals surface area contributed by atoms with Gasteiger partial charge < -0.3 is 10.2 Å². The van der Waals surface area contributed by atoms with E-state index >= 15 is 0 Å². The molecule has 1 atom stereocenters. The van der Waals surface area contributed by atoms with Gasteiger partial charge in [0.15, 0.2) is 0 Å². The number of carbonyl (C=O) groups excluding carboxylic acids is 1. The van der Waals surface area contributed by atoms with Crippen molar-refractivity contribution in [3.05, 3.63) is 64.5 Å². The number of nitro groups is 1. The summed E-state index contributed by atoms with van der Waals surface area (Å²) >= 11 is 0. The van der Waals surface area contributed by atoms with Gasteiger partial charge in [0.25, 0.3) is 5.69 Å². The molecule has 2 aromatic rings. The van der Waals surface area contributed by atoms with E-state index in [1.165, 1.54) is 0 Å². The lowest BCUT2D eigenvalue weighted by Crippen LogP contribution is -2.41. The van der Waals surface area contributed by atoms with Crippen LogP contribution in [0.3, 0.4) is 0 Å². The molecule has 6 nitrogen and oxygen atoms in total. The van der Waals surface area contributed by atoms with Crippen LogP contribution in [0.1, 0.15) is 12.8 Å². The van der Waals surface area contributed by atoms with Crippen molar-refractivity contribution in [3.8, 4) is 0 Å². The molecule has 2 aromatic carbocycles. The Labute approximate surface area is 144 Å². The number of nitrogens with one attached hydrogen (secondary N) is 1. The summed E-state index contributed by atoms with van der Waals surface area (Å²) in [6.07, 6.45) is 1.40. The van der Waals surface area contributed by atoms with E-state index in [4.69, 9.17) is 0 Å². The van der Waals surface area contributed by atoms with E-state index in [9.17, 15) is 19.3 Å². The summed E-state index contributed by atoms with van der Waals surface area (Å²) in [6, 6.07) is 12.5. The largest absolute Gasteiger partial charge is 0.365 e.